The lowest BCUT2D eigenvalue weighted by Gasteiger charge is -2.11. The predicted octanol–water partition coefficient (Wildman–Crippen LogP) is 5.11. The van der Waals surface area contributed by atoms with Crippen molar-refractivity contribution in [3.05, 3.63) is 52.0 Å². The fraction of sp³-hybridized carbons (Fsp3) is 0.278. The Bertz CT molecular complexity index is 696. The molecule has 3 nitrogen and oxygen atoms in total. The van der Waals surface area contributed by atoms with Crippen molar-refractivity contribution in [2.75, 3.05) is 13.7 Å². The molecule has 0 radical (unpaired) electrons. The van der Waals surface area contributed by atoms with Gasteiger partial charge in [0, 0.05) is 6.21 Å². The maximum absolute atomic E-state index is 6.26. The van der Waals surface area contributed by atoms with Crippen molar-refractivity contribution in [2.45, 2.75) is 20.8 Å². The Balaban J connectivity index is 2.35. The minimum atomic E-state index is 0.517. The second-order valence-electron chi connectivity index (χ2n) is 5.02. The minimum Gasteiger partial charge on any atom is -0.493 e. The summed E-state index contributed by atoms with van der Waals surface area (Å²) in [5.74, 6) is 1.17. The first-order valence-electron chi connectivity index (χ1n) is 7.16. The van der Waals surface area contributed by atoms with Crippen molar-refractivity contribution in [3.63, 3.8) is 0 Å². The molecular formula is C18H20ClNO2. The van der Waals surface area contributed by atoms with Gasteiger partial charge in [0.2, 0.25) is 0 Å². The lowest BCUT2D eigenvalue weighted by atomic mass is 10.1. The van der Waals surface area contributed by atoms with E-state index in [1.807, 2.05) is 26.0 Å². The van der Waals surface area contributed by atoms with Gasteiger partial charge < -0.3 is 9.47 Å². The molecule has 0 unspecified atom stereocenters. The van der Waals surface area contributed by atoms with Gasteiger partial charge in [0.15, 0.2) is 11.5 Å². The molecule has 2 aromatic rings. The predicted molar refractivity (Wildman–Crippen MR) is 92.3 cm³/mol. The Morgan fingerprint density at radius 2 is 1.95 bits per heavy atom. The summed E-state index contributed by atoms with van der Waals surface area (Å²) in [5, 5.41) is 0.517. The molecule has 0 bridgehead atoms. The topological polar surface area (TPSA) is 30.8 Å². The molecule has 0 fully saturated rings. The summed E-state index contributed by atoms with van der Waals surface area (Å²) in [4.78, 5) is 4.55. The molecule has 0 aliphatic rings. The average Bonchev–Trinajstić information content (AvgIpc) is 2.50. The van der Waals surface area contributed by atoms with Gasteiger partial charge in [-0.2, -0.15) is 0 Å². The molecule has 0 aromatic heterocycles. The Kier molecular flexibility index (Phi) is 5.45. The van der Waals surface area contributed by atoms with Crippen LogP contribution >= 0.6 is 11.6 Å². The number of aliphatic imine (C=N–C) groups is 1. The number of hydrogen-bond donors (Lipinski definition) is 0. The summed E-state index contributed by atoms with van der Waals surface area (Å²) < 4.78 is 10.9. The zero-order chi connectivity index (χ0) is 16.1. The Labute approximate surface area is 136 Å². The van der Waals surface area contributed by atoms with Crippen molar-refractivity contribution in [1.29, 1.82) is 0 Å². The van der Waals surface area contributed by atoms with Gasteiger partial charge in [-0.25, -0.2) is 0 Å². The summed E-state index contributed by atoms with van der Waals surface area (Å²) in [5.41, 5.74) is 4.13. The second-order valence-corrected chi connectivity index (χ2v) is 5.42. The number of hydrogen-bond acceptors (Lipinski definition) is 3. The normalized spacial score (nSPS) is 11.0. The molecule has 22 heavy (non-hydrogen) atoms. The van der Waals surface area contributed by atoms with E-state index in [1.54, 1.807) is 13.3 Å². The molecule has 0 saturated heterocycles. The van der Waals surface area contributed by atoms with Crippen LogP contribution in [0.25, 0.3) is 0 Å². The molecule has 0 spiro atoms. The van der Waals surface area contributed by atoms with Crippen molar-refractivity contribution in [3.8, 4) is 11.5 Å². The highest BCUT2D eigenvalue weighted by Crippen LogP contribution is 2.36. The molecular weight excluding hydrogens is 298 g/mol. The van der Waals surface area contributed by atoms with Crippen molar-refractivity contribution < 1.29 is 9.47 Å². The number of aryl methyl sites for hydroxylation is 2. The Morgan fingerprint density at radius 3 is 2.64 bits per heavy atom. The molecule has 0 aliphatic heterocycles. The van der Waals surface area contributed by atoms with Crippen LogP contribution in [0.2, 0.25) is 5.02 Å². The summed E-state index contributed by atoms with van der Waals surface area (Å²) in [6.45, 7) is 6.53. The van der Waals surface area contributed by atoms with E-state index < -0.39 is 0 Å². The van der Waals surface area contributed by atoms with Gasteiger partial charge in [0.1, 0.15) is 0 Å². The molecule has 2 rings (SSSR count). The molecule has 0 N–H and O–H groups in total. The first-order valence-corrected chi connectivity index (χ1v) is 7.54. The maximum Gasteiger partial charge on any atom is 0.179 e. The number of halogens is 1. The highest BCUT2D eigenvalue weighted by molar-refractivity contribution is 6.32. The zero-order valence-electron chi connectivity index (χ0n) is 13.3. The van der Waals surface area contributed by atoms with Crippen molar-refractivity contribution >= 4 is 23.5 Å². The molecule has 0 heterocycles. The van der Waals surface area contributed by atoms with Crippen LogP contribution in [0.4, 0.5) is 5.69 Å². The smallest absolute Gasteiger partial charge is 0.179 e. The first-order chi connectivity index (χ1) is 10.5. The third-order valence-corrected chi connectivity index (χ3v) is 3.54. The van der Waals surface area contributed by atoms with Gasteiger partial charge in [-0.3, -0.25) is 4.99 Å². The summed E-state index contributed by atoms with van der Waals surface area (Å²) in [6, 6.07) is 9.88. The highest BCUT2D eigenvalue weighted by Gasteiger charge is 2.10. The van der Waals surface area contributed by atoms with Crippen LogP contribution in [-0.4, -0.2) is 19.9 Å². The van der Waals surface area contributed by atoms with Crippen LogP contribution in [0.5, 0.6) is 11.5 Å². The lowest BCUT2D eigenvalue weighted by Crippen LogP contribution is -1.97. The van der Waals surface area contributed by atoms with Gasteiger partial charge in [-0.05, 0) is 55.7 Å². The van der Waals surface area contributed by atoms with Crippen LogP contribution in [0.3, 0.4) is 0 Å². The molecule has 4 heteroatoms. The maximum atomic E-state index is 6.26. The van der Waals surface area contributed by atoms with E-state index in [4.69, 9.17) is 21.1 Å². The second kappa shape index (κ2) is 7.32. The quantitative estimate of drug-likeness (QED) is 0.717. The molecule has 0 saturated carbocycles. The lowest BCUT2D eigenvalue weighted by molar-refractivity contribution is 0.311. The number of ether oxygens (including phenoxy) is 2. The molecule has 0 aliphatic carbocycles. The Morgan fingerprint density at radius 1 is 1.18 bits per heavy atom. The van der Waals surface area contributed by atoms with Gasteiger partial charge in [-0.1, -0.05) is 23.7 Å². The van der Waals surface area contributed by atoms with Crippen molar-refractivity contribution in [2.24, 2.45) is 4.99 Å². The van der Waals surface area contributed by atoms with E-state index in [0.717, 1.165) is 16.8 Å². The minimum absolute atomic E-state index is 0.517. The van der Waals surface area contributed by atoms with E-state index in [-0.39, 0.29) is 0 Å². The standard InChI is InChI=1S/C18H20ClNO2/c1-5-22-18-15(19)9-14(10-17(18)21-4)11-20-16-8-12(2)6-7-13(16)3/h6-11H,5H2,1-4H3. The molecule has 116 valence electrons. The van der Waals surface area contributed by atoms with E-state index in [1.165, 1.54) is 5.56 Å². The summed E-state index contributed by atoms with van der Waals surface area (Å²) in [7, 11) is 1.60. The fourth-order valence-corrected chi connectivity index (χ4v) is 2.37. The van der Waals surface area contributed by atoms with Crippen LogP contribution in [0, 0.1) is 13.8 Å². The number of nitrogens with zero attached hydrogens (tertiary/aromatic N) is 1. The van der Waals surface area contributed by atoms with Gasteiger partial charge >= 0.3 is 0 Å². The van der Waals surface area contributed by atoms with Crippen LogP contribution in [0.15, 0.2) is 35.3 Å². The van der Waals surface area contributed by atoms with Gasteiger partial charge in [-0.15, -0.1) is 0 Å². The van der Waals surface area contributed by atoms with E-state index in [9.17, 15) is 0 Å². The number of benzene rings is 2. The highest BCUT2D eigenvalue weighted by atomic mass is 35.5. The third kappa shape index (κ3) is 3.80. The van der Waals surface area contributed by atoms with Gasteiger partial charge in [0.25, 0.3) is 0 Å². The zero-order valence-corrected chi connectivity index (χ0v) is 14.1. The largest absolute Gasteiger partial charge is 0.493 e. The molecule has 0 amide bonds. The molecule has 2 aromatic carbocycles. The third-order valence-electron chi connectivity index (χ3n) is 3.26. The fourth-order valence-electron chi connectivity index (χ4n) is 2.10. The summed E-state index contributed by atoms with van der Waals surface area (Å²) >= 11 is 6.26. The number of methoxy groups -OCH3 is 1. The average molecular weight is 318 g/mol. The summed E-state index contributed by atoms with van der Waals surface area (Å²) in [6.07, 6.45) is 1.78. The number of rotatable bonds is 5. The van der Waals surface area contributed by atoms with Crippen LogP contribution in [0.1, 0.15) is 23.6 Å². The monoisotopic (exact) mass is 317 g/mol. The SMILES string of the molecule is CCOc1c(Cl)cc(C=Nc2cc(C)ccc2C)cc1OC. The van der Waals surface area contributed by atoms with E-state index in [2.05, 4.69) is 30.1 Å². The Hall–Kier alpha value is -2.00. The first kappa shape index (κ1) is 16.4. The van der Waals surface area contributed by atoms with Crippen LogP contribution in [-0.2, 0) is 0 Å². The van der Waals surface area contributed by atoms with Crippen LogP contribution < -0.4 is 9.47 Å². The van der Waals surface area contributed by atoms with E-state index in [0.29, 0.717) is 23.1 Å². The van der Waals surface area contributed by atoms with Crippen molar-refractivity contribution in [1.82, 2.24) is 0 Å². The van der Waals surface area contributed by atoms with E-state index >= 15 is 0 Å². The van der Waals surface area contributed by atoms with Gasteiger partial charge in [0.05, 0.1) is 24.4 Å². The molecule has 0 atom stereocenters.